The molecule has 1 aromatic carbocycles. The number of carbonyl (C=O) groups is 1. The molecule has 3 rings (SSSR count). The third-order valence-electron chi connectivity index (χ3n) is 3.86. The lowest BCUT2D eigenvalue weighted by Crippen LogP contribution is -2.46. The Balaban J connectivity index is 1.61. The van der Waals surface area contributed by atoms with Crippen LogP contribution in [0.2, 0.25) is 0 Å². The quantitative estimate of drug-likeness (QED) is 0.805. The van der Waals surface area contributed by atoms with Gasteiger partial charge in [-0.1, -0.05) is 30.3 Å². The van der Waals surface area contributed by atoms with E-state index in [9.17, 15) is 4.79 Å². The molecule has 0 N–H and O–H groups in total. The van der Waals surface area contributed by atoms with Crippen molar-refractivity contribution in [1.29, 1.82) is 0 Å². The van der Waals surface area contributed by atoms with Crippen molar-refractivity contribution in [2.45, 2.75) is 6.54 Å². The van der Waals surface area contributed by atoms with E-state index in [1.54, 1.807) is 12.3 Å². The van der Waals surface area contributed by atoms with E-state index in [0.29, 0.717) is 5.56 Å². The summed E-state index contributed by atoms with van der Waals surface area (Å²) in [5.41, 5.74) is 2.02. The first kappa shape index (κ1) is 13.8. The van der Waals surface area contributed by atoms with Crippen molar-refractivity contribution in [2.24, 2.45) is 0 Å². The Labute approximate surface area is 125 Å². The van der Waals surface area contributed by atoms with Crippen molar-refractivity contribution in [2.75, 3.05) is 31.1 Å². The van der Waals surface area contributed by atoms with Gasteiger partial charge in [0.15, 0.2) is 6.29 Å². The molecule has 21 heavy (non-hydrogen) atoms. The Kier molecular flexibility index (Phi) is 4.26. The lowest BCUT2D eigenvalue weighted by Gasteiger charge is -2.35. The number of carbonyl (C=O) groups excluding carboxylic acids is 1. The van der Waals surface area contributed by atoms with Crippen molar-refractivity contribution in [3.8, 4) is 0 Å². The lowest BCUT2D eigenvalue weighted by atomic mass is 10.2. The number of benzene rings is 1. The van der Waals surface area contributed by atoms with Gasteiger partial charge in [-0.2, -0.15) is 0 Å². The van der Waals surface area contributed by atoms with E-state index in [1.165, 1.54) is 5.56 Å². The monoisotopic (exact) mass is 281 g/mol. The fourth-order valence-corrected chi connectivity index (χ4v) is 2.73. The standard InChI is InChI=1S/C17H19N3O/c21-14-16-7-4-8-18-17(16)20-11-9-19(10-12-20)13-15-5-2-1-3-6-15/h1-8,14H,9-13H2. The van der Waals surface area contributed by atoms with Crippen LogP contribution in [0.4, 0.5) is 5.82 Å². The highest BCUT2D eigenvalue weighted by Gasteiger charge is 2.19. The van der Waals surface area contributed by atoms with Crippen molar-refractivity contribution >= 4 is 12.1 Å². The second-order valence-corrected chi connectivity index (χ2v) is 5.28. The summed E-state index contributed by atoms with van der Waals surface area (Å²) < 4.78 is 0. The molecule has 0 aliphatic carbocycles. The third-order valence-corrected chi connectivity index (χ3v) is 3.86. The number of aldehydes is 1. The SMILES string of the molecule is O=Cc1cccnc1N1CCN(Cc2ccccc2)CC1. The zero-order valence-electron chi connectivity index (χ0n) is 12.0. The van der Waals surface area contributed by atoms with Crippen LogP contribution in [0.25, 0.3) is 0 Å². The topological polar surface area (TPSA) is 36.4 Å². The first-order valence-corrected chi connectivity index (χ1v) is 7.28. The molecule has 4 nitrogen and oxygen atoms in total. The van der Waals surface area contributed by atoms with Gasteiger partial charge in [-0.3, -0.25) is 9.69 Å². The molecule has 0 unspecified atom stereocenters. The van der Waals surface area contributed by atoms with Gasteiger partial charge >= 0.3 is 0 Å². The van der Waals surface area contributed by atoms with E-state index in [4.69, 9.17) is 0 Å². The smallest absolute Gasteiger partial charge is 0.153 e. The van der Waals surface area contributed by atoms with Crippen molar-refractivity contribution in [3.63, 3.8) is 0 Å². The minimum absolute atomic E-state index is 0.675. The summed E-state index contributed by atoms with van der Waals surface area (Å²) in [6, 6.07) is 14.2. The summed E-state index contributed by atoms with van der Waals surface area (Å²) in [4.78, 5) is 20.1. The minimum Gasteiger partial charge on any atom is -0.353 e. The zero-order chi connectivity index (χ0) is 14.5. The van der Waals surface area contributed by atoms with E-state index in [-0.39, 0.29) is 0 Å². The van der Waals surface area contributed by atoms with Crippen molar-refractivity contribution in [1.82, 2.24) is 9.88 Å². The second-order valence-electron chi connectivity index (χ2n) is 5.28. The van der Waals surface area contributed by atoms with Gasteiger partial charge in [0, 0.05) is 38.9 Å². The molecule has 1 fully saturated rings. The van der Waals surface area contributed by atoms with Gasteiger partial charge in [-0.05, 0) is 17.7 Å². The first-order valence-electron chi connectivity index (χ1n) is 7.28. The molecule has 4 heteroatoms. The Bertz CT molecular complexity index is 592. The molecule has 0 radical (unpaired) electrons. The summed E-state index contributed by atoms with van der Waals surface area (Å²) in [7, 11) is 0. The number of piperazine rings is 1. The van der Waals surface area contributed by atoms with Crippen LogP contribution in [0.15, 0.2) is 48.7 Å². The number of rotatable bonds is 4. The molecule has 1 aromatic heterocycles. The molecule has 1 aliphatic heterocycles. The Morgan fingerprint density at radius 3 is 2.48 bits per heavy atom. The van der Waals surface area contributed by atoms with Gasteiger partial charge < -0.3 is 4.90 Å². The van der Waals surface area contributed by atoms with Crippen LogP contribution in [-0.2, 0) is 6.54 Å². The molecule has 2 heterocycles. The van der Waals surface area contributed by atoms with Crippen LogP contribution in [0, 0.1) is 0 Å². The van der Waals surface area contributed by atoms with Crippen LogP contribution >= 0.6 is 0 Å². The molecule has 2 aromatic rings. The summed E-state index contributed by atoms with van der Waals surface area (Å²) in [5, 5.41) is 0. The Morgan fingerprint density at radius 1 is 1.00 bits per heavy atom. The highest BCUT2D eigenvalue weighted by Crippen LogP contribution is 2.18. The summed E-state index contributed by atoms with van der Waals surface area (Å²) in [6.45, 7) is 4.78. The maximum Gasteiger partial charge on any atom is 0.153 e. The predicted molar refractivity (Wildman–Crippen MR) is 83.6 cm³/mol. The molecular formula is C17H19N3O. The van der Waals surface area contributed by atoms with Gasteiger partial charge in [-0.25, -0.2) is 4.98 Å². The number of nitrogens with zero attached hydrogens (tertiary/aromatic N) is 3. The predicted octanol–water partition coefficient (Wildman–Crippen LogP) is 2.22. The van der Waals surface area contributed by atoms with E-state index < -0.39 is 0 Å². The molecule has 1 aliphatic rings. The largest absolute Gasteiger partial charge is 0.353 e. The summed E-state index contributed by atoms with van der Waals surface area (Å²) in [6.07, 6.45) is 2.64. The normalized spacial score (nSPS) is 15.9. The lowest BCUT2D eigenvalue weighted by molar-refractivity contribution is 0.112. The van der Waals surface area contributed by atoms with Crippen LogP contribution < -0.4 is 4.90 Å². The second kappa shape index (κ2) is 6.50. The van der Waals surface area contributed by atoms with Crippen LogP contribution in [0.1, 0.15) is 15.9 Å². The number of hydrogen-bond donors (Lipinski definition) is 0. The van der Waals surface area contributed by atoms with Gasteiger partial charge in [0.25, 0.3) is 0 Å². The maximum absolute atomic E-state index is 11.1. The number of anilines is 1. The molecule has 0 amide bonds. The Morgan fingerprint density at radius 2 is 1.76 bits per heavy atom. The van der Waals surface area contributed by atoms with Crippen LogP contribution in [0.5, 0.6) is 0 Å². The third kappa shape index (κ3) is 3.28. The van der Waals surface area contributed by atoms with E-state index >= 15 is 0 Å². The Hall–Kier alpha value is -2.20. The average molecular weight is 281 g/mol. The van der Waals surface area contributed by atoms with E-state index in [0.717, 1.165) is 44.8 Å². The van der Waals surface area contributed by atoms with Crippen LogP contribution in [0.3, 0.4) is 0 Å². The minimum atomic E-state index is 0.675. The van der Waals surface area contributed by atoms with E-state index in [1.807, 2.05) is 12.1 Å². The fourth-order valence-electron chi connectivity index (χ4n) is 2.73. The fraction of sp³-hybridized carbons (Fsp3) is 0.294. The van der Waals surface area contributed by atoms with Crippen LogP contribution in [-0.4, -0.2) is 42.3 Å². The first-order chi connectivity index (χ1) is 10.4. The number of aromatic nitrogens is 1. The van der Waals surface area contributed by atoms with Gasteiger partial charge in [0.05, 0.1) is 5.56 Å². The maximum atomic E-state index is 11.1. The van der Waals surface area contributed by atoms with Crippen molar-refractivity contribution < 1.29 is 4.79 Å². The molecule has 1 saturated heterocycles. The molecule has 0 atom stereocenters. The summed E-state index contributed by atoms with van der Waals surface area (Å²) in [5.74, 6) is 0.812. The molecule has 0 spiro atoms. The molecule has 0 saturated carbocycles. The number of hydrogen-bond acceptors (Lipinski definition) is 4. The highest BCUT2D eigenvalue weighted by molar-refractivity contribution is 5.82. The van der Waals surface area contributed by atoms with Gasteiger partial charge in [-0.15, -0.1) is 0 Å². The van der Waals surface area contributed by atoms with E-state index in [2.05, 4.69) is 39.0 Å². The van der Waals surface area contributed by atoms with Crippen molar-refractivity contribution in [3.05, 3.63) is 59.8 Å². The molecular weight excluding hydrogens is 262 g/mol. The highest BCUT2D eigenvalue weighted by atomic mass is 16.1. The number of pyridine rings is 1. The molecule has 108 valence electrons. The summed E-state index contributed by atoms with van der Waals surface area (Å²) >= 11 is 0. The van der Waals surface area contributed by atoms with Gasteiger partial charge in [0.2, 0.25) is 0 Å². The van der Waals surface area contributed by atoms with Gasteiger partial charge in [0.1, 0.15) is 5.82 Å². The molecule has 0 bridgehead atoms. The average Bonchev–Trinajstić information content (AvgIpc) is 2.56. The zero-order valence-corrected chi connectivity index (χ0v) is 12.0.